The van der Waals surface area contributed by atoms with Gasteiger partial charge in [-0.05, 0) is 103 Å². The molecule has 2 saturated heterocycles. The predicted octanol–water partition coefficient (Wildman–Crippen LogP) is 3.89. The van der Waals surface area contributed by atoms with Crippen LogP contribution in [0.25, 0.3) is 0 Å². The molecule has 8 aliphatic rings. The molecule has 2 heterocycles. The molecule has 0 aromatic carbocycles. The first kappa shape index (κ1) is 13.4. The van der Waals surface area contributed by atoms with Gasteiger partial charge in [0.15, 0.2) is 0 Å². The molecule has 7 fully saturated rings. The zero-order valence-electron chi connectivity index (χ0n) is 14.7. The Bertz CT molecular complexity index is 737. The number of nitriles is 1. The number of hydrogen-bond acceptors (Lipinski definition) is 2. The highest BCUT2D eigenvalue weighted by Crippen LogP contribution is 2.77. The Labute approximate surface area is 150 Å². The first-order chi connectivity index (χ1) is 12.3. The van der Waals surface area contributed by atoms with Crippen LogP contribution < -0.4 is 0 Å². The molecule has 5 saturated carbocycles. The molecule has 0 aromatic heterocycles. The van der Waals surface area contributed by atoms with Crippen molar-refractivity contribution in [2.24, 2.45) is 76.9 Å². The lowest BCUT2D eigenvalue weighted by atomic mass is 9.54. The number of ether oxygens (including phenoxy) is 1. The Kier molecular flexibility index (Phi) is 2.16. The van der Waals surface area contributed by atoms with E-state index in [1.807, 2.05) is 0 Å². The Morgan fingerprint density at radius 1 is 0.760 bits per heavy atom. The van der Waals surface area contributed by atoms with Crippen LogP contribution >= 0.6 is 0 Å². The summed E-state index contributed by atoms with van der Waals surface area (Å²) in [6, 6.07) is 2.49. The van der Waals surface area contributed by atoms with E-state index >= 15 is 0 Å². The van der Waals surface area contributed by atoms with E-state index in [-0.39, 0.29) is 0 Å². The molecule has 8 bridgehead atoms. The monoisotopic (exact) mass is 333 g/mol. The lowest BCUT2D eigenvalue weighted by Gasteiger charge is -2.48. The largest absolute Gasteiger partial charge is 0.374 e. The fourth-order valence-electron chi connectivity index (χ4n) is 11.0. The van der Waals surface area contributed by atoms with Crippen molar-refractivity contribution in [3.63, 3.8) is 0 Å². The average molecular weight is 333 g/mol. The lowest BCUT2D eigenvalue weighted by molar-refractivity contribution is 0.0120. The van der Waals surface area contributed by atoms with Gasteiger partial charge in [0.1, 0.15) is 0 Å². The van der Waals surface area contributed by atoms with Crippen LogP contribution in [0, 0.1) is 88.3 Å². The van der Waals surface area contributed by atoms with Gasteiger partial charge in [0.25, 0.3) is 0 Å². The second kappa shape index (κ2) is 4.04. The van der Waals surface area contributed by atoms with Crippen molar-refractivity contribution in [1.29, 1.82) is 5.26 Å². The van der Waals surface area contributed by atoms with Crippen molar-refractivity contribution in [1.82, 2.24) is 0 Å². The van der Waals surface area contributed by atoms with Gasteiger partial charge in [-0.25, -0.2) is 0 Å². The maximum absolute atomic E-state index is 9.24. The molecule has 2 aliphatic heterocycles. The zero-order chi connectivity index (χ0) is 16.0. The van der Waals surface area contributed by atoms with Crippen LogP contribution in [0.3, 0.4) is 0 Å². The number of fused-ring (bicyclic) bond motifs is 23. The van der Waals surface area contributed by atoms with E-state index in [0.717, 1.165) is 77.4 Å². The standard InChI is InChI=1S/C23H27NO/c24-4-3-9-5-12-7-13(9)19-18(12)22-20-14-8-15(21(20)23(19)25-22)17-11-2-1-10(6-11)16(14)17/h1-2,9-23H,3,5-8H2. The van der Waals surface area contributed by atoms with Crippen LogP contribution in [0.1, 0.15) is 32.1 Å². The van der Waals surface area contributed by atoms with Crippen molar-refractivity contribution in [2.45, 2.75) is 44.3 Å². The summed E-state index contributed by atoms with van der Waals surface area (Å²) in [6.45, 7) is 0. The summed E-state index contributed by atoms with van der Waals surface area (Å²) < 4.78 is 6.85. The van der Waals surface area contributed by atoms with Crippen LogP contribution in [-0.4, -0.2) is 12.2 Å². The lowest BCUT2D eigenvalue weighted by Crippen LogP contribution is -2.50. The summed E-state index contributed by atoms with van der Waals surface area (Å²) in [6.07, 6.45) is 13.0. The summed E-state index contributed by atoms with van der Waals surface area (Å²) in [5.41, 5.74) is 0. The zero-order valence-corrected chi connectivity index (χ0v) is 14.7. The highest BCUT2D eigenvalue weighted by Gasteiger charge is 2.76. The van der Waals surface area contributed by atoms with Crippen LogP contribution in [-0.2, 0) is 4.74 Å². The minimum absolute atomic E-state index is 0.593. The summed E-state index contributed by atoms with van der Waals surface area (Å²) in [7, 11) is 0. The molecule has 0 radical (unpaired) electrons. The van der Waals surface area contributed by atoms with E-state index in [0.29, 0.717) is 18.1 Å². The summed E-state index contributed by atoms with van der Waals surface area (Å²) in [4.78, 5) is 0. The van der Waals surface area contributed by atoms with Crippen molar-refractivity contribution < 1.29 is 4.74 Å². The fraction of sp³-hybridized carbons (Fsp3) is 0.870. The van der Waals surface area contributed by atoms with Gasteiger partial charge in [-0.1, -0.05) is 12.2 Å². The maximum atomic E-state index is 9.24. The Morgan fingerprint density at radius 2 is 1.44 bits per heavy atom. The Balaban J connectivity index is 1.18. The van der Waals surface area contributed by atoms with Gasteiger partial charge < -0.3 is 4.74 Å². The van der Waals surface area contributed by atoms with Gasteiger partial charge in [0, 0.05) is 6.42 Å². The molecule has 130 valence electrons. The molecule has 0 N–H and O–H groups in total. The molecule has 6 aliphatic carbocycles. The molecule has 25 heavy (non-hydrogen) atoms. The van der Waals surface area contributed by atoms with Crippen LogP contribution in [0.5, 0.6) is 0 Å². The van der Waals surface area contributed by atoms with E-state index < -0.39 is 0 Å². The van der Waals surface area contributed by atoms with Crippen LogP contribution in [0.2, 0.25) is 0 Å². The van der Waals surface area contributed by atoms with Gasteiger partial charge in [0.2, 0.25) is 0 Å². The fourth-order valence-corrected chi connectivity index (χ4v) is 11.0. The molecular formula is C23H27NO. The molecule has 2 heteroatoms. The third-order valence-electron chi connectivity index (χ3n) is 11.0. The van der Waals surface area contributed by atoms with Gasteiger partial charge >= 0.3 is 0 Å². The Hall–Kier alpha value is -0.810. The van der Waals surface area contributed by atoms with Gasteiger partial charge in [0.05, 0.1) is 18.3 Å². The molecule has 15 unspecified atom stereocenters. The number of rotatable bonds is 1. The second-order valence-electron chi connectivity index (χ2n) is 11.1. The normalized spacial score (nSPS) is 71.6. The van der Waals surface area contributed by atoms with E-state index in [2.05, 4.69) is 18.2 Å². The first-order valence-electron chi connectivity index (χ1n) is 11.1. The first-order valence-corrected chi connectivity index (χ1v) is 11.1. The van der Waals surface area contributed by atoms with Crippen LogP contribution in [0.4, 0.5) is 0 Å². The summed E-state index contributed by atoms with van der Waals surface area (Å²) >= 11 is 0. The summed E-state index contributed by atoms with van der Waals surface area (Å²) in [5.74, 6) is 11.9. The van der Waals surface area contributed by atoms with Crippen molar-refractivity contribution >= 4 is 0 Å². The minimum Gasteiger partial charge on any atom is -0.374 e. The van der Waals surface area contributed by atoms with Gasteiger partial charge in [-0.3, -0.25) is 0 Å². The van der Waals surface area contributed by atoms with Gasteiger partial charge in [-0.2, -0.15) is 5.26 Å². The predicted molar refractivity (Wildman–Crippen MR) is 91.9 cm³/mol. The third-order valence-corrected chi connectivity index (χ3v) is 11.0. The van der Waals surface area contributed by atoms with Crippen molar-refractivity contribution in [2.75, 3.05) is 0 Å². The maximum Gasteiger partial charge on any atom is 0.0648 e. The van der Waals surface area contributed by atoms with Crippen LogP contribution in [0.15, 0.2) is 12.2 Å². The third kappa shape index (κ3) is 1.25. The van der Waals surface area contributed by atoms with E-state index in [9.17, 15) is 5.26 Å². The molecular weight excluding hydrogens is 306 g/mol. The highest BCUT2D eigenvalue weighted by atomic mass is 16.5. The van der Waals surface area contributed by atoms with Crippen molar-refractivity contribution in [3.05, 3.63) is 12.2 Å². The molecule has 8 rings (SSSR count). The quantitative estimate of drug-likeness (QED) is 0.539. The second-order valence-corrected chi connectivity index (χ2v) is 11.1. The van der Waals surface area contributed by atoms with E-state index in [1.165, 1.54) is 19.3 Å². The topological polar surface area (TPSA) is 33.0 Å². The number of hydrogen-bond donors (Lipinski definition) is 0. The Morgan fingerprint density at radius 3 is 2.16 bits per heavy atom. The minimum atomic E-state index is 0.593. The van der Waals surface area contributed by atoms with E-state index in [4.69, 9.17) is 4.74 Å². The highest BCUT2D eigenvalue weighted by molar-refractivity contribution is 5.27. The number of nitrogens with zero attached hydrogens (tertiary/aromatic N) is 1. The molecule has 0 amide bonds. The van der Waals surface area contributed by atoms with E-state index in [1.54, 1.807) is 6.42 Å². The molecule has 2 nitrogen and oxygen atoms in total. The molecule has 0 spiro atoms. The SMILES string of the molecule is N#CCC1CC2CC1C1C3OC(C21)C1C2CC(C4C5C=CC(C5)C24)C31. The summed E-state index contributed by atoms with van der Waals surface area (Å²) in [5, 5.41) is 9.24. The van der Waals surface area contributed by atoms with Gasteiger partial charge in [-0.15, -0.1) is 0 Å². The smallest absolute Gasteiger partial charge is 0.0648 e. The van der Waals surface area contributed by atoms with Crippen molar-refractivity contribution in [3.8, 4) is 6.07 Å². The average Bonchev–Trinajstić information content (AvgIpc) is 3.46. The number of allylic oxidation sites excluding steroid dienone is 2. The molecule has 15 atom stereocenters. The molecule has 0 aromatic rings.